The Balaban J connectivity index is 3.20. The Morgan fingerprint density at radius 2 is 1.80 bits per heavy atom. The maximum absolute atomic E-state index is 12.3. The van der Waals surface area contributed by atoms with Gasteiger partial charge in [-0.1, -0.05) is 17.7 Å². The number of nitrogens with one attached hydrogen (secondary N) is 1. The highest BCUT2D eigenvalue weighted by molar-refractivity contribution is 7.89. The minimum Gasteiger partial charge on any atom is -0.480 e. The van der Waals surface area contributed by atoms with Gasteiger partial charge < -0.3 is 9.84 Å². The standard InChI is InChI=1S/C13H19NO5S/c1-8-5-9(2)12(10(3)6-8)20(17,18)14-11(7-19-4)13(15)16/h5-6,11,14H,7H2,1-4H3,(H,15,16). The normalized spacial score (nSPS) is 13.2. The number of hydrogen-bond donors (Lipinski definition) is 2. The van der Waals surface area contributed by atoms with Crippen LogP contribution in [0.1, 0.15) is 16.7 Å². The number of benzene rings is 1. The number of carboxylic acids is 1. The summed E-state index contributed by atoms with van der Waals surface area (Å²) < 4.78 is 31.6. The molecule has 1 unspecified atom stereocenters. The van der Waals surface area contributed by atoms with Gasteiger partial charge in [-0.2, -0.15) is 4.72 Å². The Labute approximate surface area is 118 Å². The molecule has 0 radical (unpaired) electrons. The summed E-state index contributed by atoms with van der Waals surface area (Å²) in [7, 11) is -2.60. The maximum Gasteiger partial charge on any atom is 0.324 e. The van der Waals surface area contributed by atoms with Gasteiger partial charge in [0.15, 0.2) is 0 Å². The monoisotopic (exact) mass is 301 g/mol. The molecule has 0 fully saturated rings. The van der Waals surface area contributed by atoms with Gasteiger partial charge in [-0.25, -0.2) is 8.42 Å². The SMILES string of the molecule is COCC(NS(=O)(=O)c1c(C)cc(C)cc1C)C(=O)O. The molecule has 1 aromatic rings. The first-order valence-corrected chi connectivity index (χ1v) is 7.49. The molecular weight excluding hydrogens is 282 g/mol. The third-order valence-corrected chi connectivity index (χ3v) is 4.58. The number of hydrogen-bond acceptors (Lipinski definition) is 4. The first-order valence-electron chi connectivity index (χ1n) is 6.01. The molecule has 0 spiro atoms. The fourth-order valence-electron chi connectivity index (χ4n) is 2.16. The number of carboxylic acid groups (broad SMARTS) is 1. The topological polar surface area (TPSA) is 92.7 Å². The van der Waals surface area contributed by atoms with Crippen molar-refractivity contribution in [1.82, 2.24) is 4.72 Å². The van der Waals surface area contributed by atoms with E-state index in [1.807, 2.05) is 6.92 Å². The number of sulfonamides is 1. The van der Waals surface area contributed by atoms with Gasteiger partial charge in [0.05, 0.1) is 11.5 Å². The maximum atomic E-state index is 12.3. The van der Waals surface area contributed by atoms with E-state index in [2.05, 4.69) is 4.72 Å². The lowest BCUT2D eigenvalue weighted by Crippen LogP contribution is -2.44. The third kappa shape index (κ3) is 3.78. The molecule has 0 aliphatic carbocycles. The van der Waals surface area contributed by atoms with E-state index >= 15 is 0 Å². The number of carbonyl (C=O) groups is 1. The molecule has 20 heavy (non-hydrogen) atoms. The van der Waals surface area contributed by atoms with Crippen LogP contribution in [0.5, 0.6) is 0 Å². The van der Waals surface area contributed by atoms with E-state index in [4.69, 9.17) is 9.84 Å². The van der Waals surface area contributed by atoms with Crippen molar-refractivity contribution in [1.29, 1.82) is 0 Å². The molecule has 7 heteroatoms. The van der Waals surface area contributed by atoms with Crippen LogP contribution in [-0.2, 0) is 19.6 Å². The first-order chi connectivity index (χ1) is 9.19. The van der Waals surface area contributed by atoms with Gasteiger partial charge in [-0.3, -0.25) is 4.79 Å². The van der Waals surface area contributed by atoms with Crippen molar-refractivity contribution in [2.75, 3.05) is 13.7 Å². The Morgan fingerprint density at radius 1 is 1.30 bits per heavy atom. The van der Waals surface area contributed by atoms with E-state index in [9.17, 15) is 13.2 Å². The Hall–Kier alpha value is -1.44. The molecular formula is C13H19NO5S. The molecule has 0 saturated carbocycles. The van der Waals surface area contributed by atoms with Crippen molar-refractivity contribution in [3.63, 3.8) is 0 Å². The van der Waals surface area contributed by atoms with Crippen LogP contribution < -0.4 is 4.72 Å². The lowest BCUT2D eigenvalue weighted by atomic mass is 10.1. The molecule has 0 bridgehead atoms. The second kappa shape index (κ2) is 6.34. The van der Waals surface area contributed by atoms with Crippen LogP contribution in [0.3, 0.4) is 0 Å². The fraction of sp³-hybridized carbons (Fsp3) is 0.462. The summed E-state index contributed by atoms with van der Waals surface area (Å²) in [6.45, 7) is 4.99. The van der Waals surface area contributed by atoms with Gasteiger partial charge in [-0.15, -0.1) is 0 Å². The van der Waals surface area contributed by atoms with Crippen LogP contribution in [0.2, 0.25) is 0 Å². The van der Waals surface area contributed by atoms with Gasteiger partial charge in [-0.05, 0) is 31.9 Å². The van der Waals surface area contributed by atoms with Crippen molar-refractivity contribution in [2.45, 2.75) is 31.7 Å². The van der Waals surface area contributed by atoms with Crippen LogP contribution in [0, 0.1) is 20.8 Å². The average Bonchev–Trinajstić information content (AvgIpc) is 2.25. The number of aliphatic carboxylic acids is 1. The van der Waals surface area contributed by atoms with Crippen LogP contribution in [0.25, 0.3) is 0 Å². The lowest BCUT2D eigenvalue weighted by Gasteiger charge is -2.17. The molecule has 0 heterocycles. The number of aryl methyl sites for hydroxylation is 3. The summed E-state index contributed by atoms with van der Waals surface area (Å²) in [5, 5.41) is 8.99. The zero-order chi connectivity index (χ0) is 15.5. The Morgan fingerprint density at radius 3 is 2.20 bits per heavy atom. The van der Waals surface area contributed by atoms with Gasteiger partial charge in [0, 0.05) is 7.11 Å². The van der Waals surface area contributed by atoms with E-state index in [1.54, 1.807) is 26.0 Å². The van der Waals surface area contributed by atoms with Crippen LogP contribution in [0.15, 0.2) is 17.0 Å². The minimum absolute atomic E-state index is 0.116. The van der Waals surface area contributed by atoms with Crippen molar-refractivity contribution in [3.8, 4) is 0 Å². The lowest BCUT2D eigenvalue weighted by molar-refractivity contribution is -0.140. The third-order valence-electron chi connectivity index (χ3n) is 2.80. The predicted molar refractivity (Wildman–Crippen MR) is 74.3 cm³/mol. The molecule has 1 rings (SSSR count). The first kappa shape index (κ1) is 16.6. The molecule has 0 amide bonds. The largest absolute Gasteiger partial charge is 0.480 e. The van der Waals surface area contributed by atoms with E-state index in [1.165, 1.54) is 7.11 Å². The molecule has 112 valence electrons. The zero-order valence-corrected chi connectivity index (χ0v) is 12.7. The predicted octanol–water partition coefficient (Wildman–Crippen LogP) is 0.990. The summed E-state index contributed by atoms with van der Waals surface area (Å²) in [6, 6.07) is 2.17. The molecule has 0 aliphatic heterocycles. The molecule has 1 atom stereocenters. The average molecular weight is 301 g/mol. The molecule has 6 nitrogen and oxygen atoms in total. The van der Waals surface area contributed by atoms with Gasteiger partial charge >= 0.3 is 5.97 Å². The molecule has 0 aromatic heterocycles. The fourth-order valence-corrected chi connectivity index (χ4v) is 3.79. The van der Waals surface area contributed by atoms with Crippen LogP contribution in [-0.4, -0.2) is 39.3 Å². The molecule has 0 saturated heterocycles. The highest BCUT2D eigenvalue weighted by Crippen LogP contribution is 2.21. The summed E-state index contributed by atoms with van der Waals surface area (Å²) in [6.07, 6.45) is 0. The van der Waals surface area contributed by atoms with Crippen molar-refractivity contribution >= 4 is 16.0 Å². The summed E-state index contributed by atoms with van der Waals surface area (Å²) in [4.78, 5) is 11.1. The Bertz CT molecular complexity index is 586. The van der Waals surface area contributed by atoms with Crippen molar-refractivity contribution in [3.05, 3.63) is 28.8 Å². The van der Waals surface area contributed by atoms with Crippen LogP contribution in [0.4, 0.5) is 0 Å². The van der Waals surface area contributed by atoms with E-state index < -0.39 is 22.0 Å². The quantitative estimate of drug-likeness (QED) is 0.817. The van der Waals surface area contributed by atoms with Gasteiger partial charge in [0.25, 0.3) is 0 Å². The smallest absolute Gasteiger partial charge is 0.324 e. The highest BCUT2D eigenvalue weighted by atomic mass is 32.2. The van der Waals surface area contributed by atoms with Crippen molar-refractivity contribution in [2.24, 2.45) is 0 Å². The molecule has 2 N–H and O–H groups in total. The number of rotatable bonds is 6. The summed E-state index contributed by atoms with van der Waals surface area (Å²) in [5.74, 6) is -1.28. The molecule has 0 aliphatic rings. The summed E-state index contributed by atoms with van der Waals surface area (Å²) in [5.41, 5.74) is 2.11. The van der Waals surface area contributed by atoms with E-state index in [-0.39, 0.29) is 11.5 Å². The van der Waals surface area contributed by atoms with Crippen molar-refractivity contribution < 1.29 is 23.1 Å². The van der Waals surface area contributed by atoms with E-state index in [0.29, 0.717) is 11.1 Å². The van der Waals surface area contributed by atoms with Gasteiger partial charge in [0.1, 0.15) is 6.04 Å². The summed E-state index contributed by atoms with van der Waals surface area (Å²) >= 11 is 0. The number of methoxy groups -OCH3 is 1. The zero-order valence-electron chi connectivity index (χ0n) is 11.9. The highest BCUT2D eigenvalue weighted by Gasteiger charge is 2.27. The van der Waals surface area contributed by atoms with E-state index in [0.717, 1.165) is 5.56 Å². The minimum atomic E-state index is -3.92. The molecule has 1 aromatic carbocycles. The van der Waals surface area contributed by atoms with Gasteiger partial charge in [0.2, 0.25) is 10.0 Å². The second-order valence-corrected chi connectivity index (χ2v) is 6.35. The van der Waals surface area contributed by atoms with Crippen LogP contribution >= 0.6 is 0 Å². The Kier molecular flexibility index (Phi) is 5.27. The number of ether oxygens (including phenoxy) is 1. The second-order valence-electron chi connectivity index (χ2n) is 4.70.